The molecule has 3 rings (SSSR count). The summed E-state index contributed by atoms with van der Waals surface area (Å²) in [5.41, 5.74) is 0.511. The van der Waals surface area contributed by atoms with Gasteiger partial charge in [-0.25, -0.2) is 8.42 Å². The van der Waals surface area contributed by atoms with E-state index < -0.39 is 26.7 Å². The van der Waals surface area contributed by atoms with E-state index in [1.165, 1.54) is 17.0 Å². The maximum Gasteiger partial charge on any atom is 0.288 e. The van der Waals surface area contributed by atoms with Crippen LogP contribution in [0.15, 0.2) is 42.5 Å². The third-order valence-corrected chi connectivity index (χ3v) is 7.12. The van der Waals surface area contributed by atoms with E-state index in [0.717, 1.165) is 18.1 Å². The topological polar surface area (TPSA) is 107 Å². The molecule has 2 aromatic rings. The van der Waals surface area contributed by atoms with E-state index in [9.17, 15) is 23.3 Å². The van der Waals surface area contributed by atoms with Crippen molar-refractivity contribution in [1.82, 2.24) is 4.90 Å². The van der Waals surface area contributed by atoms with Gasteiger partial charge in [0.25, 0.3) is 11.6 Å². The van der Waals surface area contributed by atoms with Crippen LogP contribution < -0.4 is 4.74 Å². The van der Waals surface area contributed by atoms with Crippen LogP contribution in [0.4, 0.5) is 5.69 Å². The molecule has 1 unspecified atom stereocenters. The van der Waals surface area contributed by atoms with E-state index in [1.54, 1.807) is 12.1 Å². The van der Waals surface area contributed by atoms with Gasteiger partial charge in [-0.05, 0) is 42.7 Å². The van der Waals surface area contributed by atoms with Crippen molar-refractivity contribution < 1.29 is 22.9 Å². The Morgan fingerprint density at radius 3 is 2.55 bits per heavy atom. The number of hydrogen-bond acceptors (Lipinski definition) is 6. The molecule has 31 heavy (non-hydrogen) atoms. The predicted octanol–water partition coefficient (Wildman–Crippen LogP) is 3.87. The van der Waals surface area contributed by atoms with Gasteiger partial charge in [-0.3, -0.25) is 14.9 Å². The third kappa shape index (κ3) is 5.74. The monoisotopic (exact) mass is 466 g/mol. The minimum Gasteiger partial charge on any atom is -0.494 e. The van der Waals surface area contributed by atoms with Crippen LogP contribution in [0.3, 0.4) is 0 Å². The molecule has 8 nitrogen and oxygen atoms in total. The van der Waals surface area contributed by atoms with Gasteiger partial charge in [0, 0.05) is 24.2 Å². The first-order valence-electron chi connectivity index (χ1n) is 9.87. The van der Waals surface area contributed by atoms with Gasteiger partial charge in [-0.2, -0.15) is 0 Å². The first-order chi connectivity index (χ1) is 14.7. The van der Waals surface area contributed by atoms with Gasteiger partial charge in [-0.1, -0.05) is 30.7 Å². The van der Waals surface area contributed by atoms with Crippen LogP contribution in [0.1, 0.15) is 35.7 Å². The van der Waals surface area contributed by atoms with Crippen LogP contribution in [-0.2, 0) is 16.4 Å². The second-order valence-electron chi connectivity index (χ2n) is 7.41. The van der Waals surface area contributed by atoms with E-state index in [1.807, 2.05) is 19.1 Å². The molecule has 166 valence electrons. The molecular weight excluding hydrogens is 444 g/mol. The average Bonchev–Trinajstić information content (AvgIpc) is 3.10. The fourth-order valence-corrected chi connectivity index (χ4v) is 5.36. The molecule has 0 aliphatic carbocycles. The van der Waals surface area contributed by atoms with Crippen LogP contribution >= 0.6 is 11.6 Å². The van der Waals surface area contributed by atoms with Crippen molar-refractivity contribution in [3.8, 4) is 5.75 Å². The quantitative estimate of drug-likeness (QED) is 0.431. The molecule has 2 aromatic carbocycles. The summed E-state index contributed by atoms with van der Waals surface area (Å²) in [4.78, 5) is 25.3. The number of nitro groups is 1. The van der Waals surface area contributed by atoms with Gasteiger partial charge in [0.1, 0.15) is 10.8 Å². The highest BCUT2D eigenvalue weighted by Crippen LogP contribution is 2.28. The number of benzene rings is 2. The zero-order valence-corrected chi connectivity index (χ0v) is 18.6. The Bertz CT molecular complexity index is 1070. The molecule has 0 spiro atoms. The summed E-state index contributed by atoms with van der Waals surface area (Å²) in [6.45, 7) is 2.78. The first kappa shape index (κ1) is 23.0. The maximum atomic E-state index is 13.3. The number of sulfone groups is 1. The lowest BCUT2D eigenvalue weighted by Crippen LogP contribution is -2.40. The van der Waals surface area contributed by atoms with E-state index in [-0.39, 0.29) is 34.3 Å². The Kier molecular flexibility index (Phi) is 7.17. The van der Waals surface area contributed by atoms with E-state index in [0.29, 0.717) is 18.8 Å². The molecule has 1 atom stereocenters. The van der Waals surface area contributed by atoms with Gasteiger partial charge >= 0.3 is 0 Å². The third-order valence-electron chi connectivity index (χ3n) is 5.05. The summed E-state index contributed by atoms with van der Waals surface area (Å²) >= 11 is 5.86. The summed E-state index contributed by atoms with van der Waals surface area (Å²) < 4.78 is 29.6. The predicted molar refractivity (Wildman–Crippen MR) is 117 cm³/mol. The highest BCUT2D eigenvalue weighted by molar-refractivity contribution is 7.91. The molecule has 10 heteroatoms. The zero-order valence-electron chi connectivity index (χ0n) is 17.0. The fraction of sp³-hybridized carbons (Fsp3) is 0.381. The molecule has 0 bridgehead atoms. The lowest BCUT2D eigenvalue weighted by molar-refractivity contribution is -0.384. The van der Waals surface area contributed by atoms with Crippen LogP contribution in [0, 0.1) is 10.1 Å². The van der Waals surface area contributed by atoms with Gasteiger partial charge in [-0.15, -0.1) is 0 Å². The number of carbonyl (C=O) groups excluding carboxylic acids is 1. The molecule has 0 N–H and O–H groups in total. The summed E-state index contributed by atoms with van der Waals surface area (Å²) in [5, 5.41) is 11.1. The minimum atomic E-state index is -3.24. The molecule has 1 heterocycles. The van der Waals surface area contributed by atoms with Crippen molar-refractivity contribution in [2.45, 2.75) is 32.4 Å². The van der Waals surface area contributed by atoms with Crippen LogP contribution in [-0.4, -0.2) is 48.3 Å². The molecule has 1 amide bonds. The Hall–Kier alpha value is -2.65. The number of hydrogen-bond donors (Lipinski definition) is 0. The molecule has 1 aliphatic rings. The molecule has 1 aliphatic heterocycles. The summed E-state index contributed by atoms with van der Waals surface area (Å²) in [6, 6.07) is 10.6. The Morgan fingerprint density at radius 1 is 1.26 bits per heavy atom. The van der Waals surface area contributed by atoms with Crippen molar-refractivity contribution in [2.75, 3.05) is 18.1 Å². The SMILES string of the molecule is CCCOc1ccc(CN(C(=O)c2ccc(Cl)c([N+](=O)[O-])c2)C2CCS(=O)(=O)C2)cc1. The number of halogens is 1. The average molecular weight is 467 g/mol. The number of ether oxygens (including phenoxy) is 1. The Labute approximate surface area is 185 Å². The van der Waals surface area contributed by atoms with Crippen molar-refractivity contribution in [3.63, 3.8) is 0 Å². The molecule has 1 saturated heterocycles. The summed E-state index contributed by atoms with van der Waals surface area (Å²) in [7, 11) is -3.24. The lowest BCUT2D eigenvalue weighted by atomic mass is 10.1. The van der Waals surface area contributed by atoms with Gasteiger partial charge in [0.15, 0.2) is 9.84 Å². The summed E-state index contributed by atoms with van der Waals surface area (Å²) in [6.07, 6.45) is 1.20. The number of rotatable bonds is 8. The number of carbonyl (C=O) groups is 1. The first-order valence-corrected chi connectivity index (χ1v) is 12.1. The molecule has 0 saturated carbocycles. The van der Waals surface area contributed by atoms with Crippen LogP contribution in [0.2, 0.25) is 5.02 Å². The second kappa shape index (κ2) is 9.65. The maximum absolute atomic E-state index is 13.3. The number of nitrogens with zero attached hydrogens (tertiary/aromatic N) is 2. The van der Waals surface area contributed by atoms with Crippen molar-refractivity contribution in [1.29, 1.82) is 0 Å². The fourth-order valence-electron chi connectivity index (χ4n) is 3.45. The zero-order chi connectivity index (χ0) is 22.6. The lowest BCUT2D eigenvalue weighted by Gasteiger charge is -2.28. The van der Waals surface area contributed by atoms with Gasteiger partial charge < -0.3 is 9.64 Å². The number of amides is 1. The largest absolute Gasteiger partial charge is 0.494 e. The van der Waals surface area contributed by atoms with Gasteiger partial charge in [0.2, 0.25) is 0 Å². The van der Waals surface area contributed by atoms with Crippen LogP contribution in [0.25, 0.3) is 0 Å². The van der Waals surface area contributed by atoms with E-state index >= 15 is 0 Å². The minimum absolute atomic E-state index is 0.00596. The van der Waals surface area contributed by atoms with Gasteiger partial charge in [0.05, 0.1) is 23.0 Å². The van der Waals surface area contributed by atoms with Crippen molar-refractivity contribution >= 4 is 33.0 Å². The van der Waals surface area contributed by atoms with E-state index in [4.69, 9.17) is 16.3 Å². The Morgan fingerprint density at radius 2 is 1.97 bits per heavy atom. The molecular formula is C21H23ClN2O6S. The van der Waals surface area contributed by atoms with Crippen LogP contribution in [0.5, 0.6) is 5.75 Å². The standard InChI is InChI=1S/C21H23ClN2O6S/c1-2-10-30-18-6-3-15(4-7-18)13-23(17-9-11-31(28,29)14-17)21(25)16-5-8-19(22)20(12-16)24(26)27/h3-8,12,17H,2,9-11,13-14H2,1H3. The van der Waals surface area contributed by atoms with E-state index in [2.05, 4.69) is 0 Å². The van der Waals surface area contributed by atoms with Crippen molar-refractivity contribution in [3.05, 3.63) is 68.7 Å². The smallest absolute Gasteiger partial charge is 0.288 e. The second-order valence-corrected chi connectivity index (χ2v) is 10.0. The number of nitro benzene ring substituents is 1. The highest BCUT2D eigenvalue weighted by Gasteiger charge is 2.35. The molecule has 0 radical (unpaired) electrons. The summed E-state index contributed by atoms with van der Waals surface area (Å²) in [5.74, 6) is 0.103. The highest BCUT2D eigenvalue weighted by atomic mass is 35.5. The molecule has 1 fully saturated rings. The molecule has 0 aromatic heterocycles. The Balaban J connectivity index is 1.89. The normalized spacial score (nSPS) is 17.3. The van der Waals surface area contributed by atoms with Crippen molar-refractivity contribution in [2.24, 2.45) is 0 Å².